The molecule has 0 spiro atoms. The number of nitriles is 1. The summed E-state index contributed by atoms with van der Waals surface area (Å²) in [6, 6.07) is 26.7. The molecule has 0 unspecified atom stereocenters. The number of carbonyl (C=O) groups excluding carboxylic acids is 1. The fraction of sp³-hybridized carbons (Fsp3) is 0.130. The molecule has 0 saturated carbocycles. The number of anilines is 2. The van der Waals surface area contributed by atoms with Crippen LogP contribution in [-0.4, -0.2) is 12.5 Å². The summed E-state index contributed by atoms with van der Waals surface area (Å²) in [5, 5.41) is 15.0. The predicted molar refractivity (Wildman–Crippen MR) is 110 cm³/mol. The normalized spacial score (nSPS) is 9.96. The zero-order chi connectivity index (χ0) is 19.6. The fourth-order valence-corrected chi connectivity index (χ4v) is 2.63. The first kappa shape index (κ1) is 19.0. The standard InChI is InChI=1S/C23H21N3O2/c24-16-19-8-4-5-9-22(19)26-23(27)14-15-25-20-10-12-21(13-11-20)28-17-18-6-2-1-3-7-18/h1-13,25H,14-15,17H2,(H,26,27). The Labute approximate surface area is 164 Å². The van der Waals surface area contributed by atoms with E-state index < -0.39 is 0 Å². The monoisotopic (exact) mass is 371 g/mol. The van der Waals surface area contributed by atoms with Crippen LogP contribution >= 0.6 is 0 Å². The van der Waals surface area contributed by atoms with Gasteiger partial charge in [0.15, 0.2) is 0 Å². The third-order valence-corrected chi connectivity index (χ3v) is 4.11. The Bertz CT molecular complexity index is 948. The number of para-hydroxylation sites is 1. The number of amides is 1. The highest BCUT2D eigenvalue weighted by atomic mass is 16.5. The van der Waals surface area contributed by atoms with E-state index in [9.17, 15) is 4.79 Å². The van der Waals surface area contributed by atoms with Gasteiger partial charge in [0.2, 0.25) is 5.91 Å². The van der Waals surface area contributed by atoms with Gasteiger partial charge < -0.3 is 15.4 Å². The highest BCUT2D eigenvalue weighted by Gasteiger charge is 2.06. The molecule has 0 aromatic heterocycles. The fourth-order valence-electron chi connectivity index (χ4n) is 2.63. The smallest absolute Gasteiger partial charge is 0.226 e. The van der Waals surface area contributed by atoms with E-state index >= 15 is 0 Å². The Morgan fingerprint density at radius 1 is 0.929 bits per heavy atom. The van der Waals surface area contributed by atoms with Gasteiger partial charge in [0.05, 0.1) is 11.3 Å². The molecule has 140 valence electrons. The van der Waals surface area contributed by atoms with E-state index in [0.29, 0.717) is 30.8 Å². The number of hydrogen-bond donors (Lipinski definition) is 2. The summed E-state index contributed by atoms with van der Waals surface area (Å²) < 4.78 is 5.76. The maximum atomic E-state index is 12.1. The molecule has 5 heteroatoms. The van der Waals surface area contributed by atoms with E-state index in [-0.39, 0.29) is 5.91 Å². The number of ether oxygens (including phenoxy) is 1. The van der Waals surface area contributed by atoms with Crippen molar-refractivity contribution in [1.82, 2.24) is 0 Å². The van der Waals surface area contributed by atoms with Crippen LogP contribution in [0.3, 0.4) is 0 Å². The zero-order valence-electron chi connectivity index (χ0n) is 15.4. The second kappa shape index (κ2) is 9.79. The Hall–Kier alpha value is -3.78. The number of hydrogen-bond acceptors (Lipinski definition) is 4. The highest BCUT2D eigenvalue weighted by Crippen LogP contribution is 2.17. The molecule has 0 saturated heterocycles. The predicted octanol–water partition coefficient (Wildman–Crippen LogP) is 4.58. The lowest BCUT2D eigenvalue weighted by Crippen LogP contribution is -2.16. The quantitative estimate of drug-likeness (QED) is 0.608. The summed E-state index contributed by atoms with van der Waals surface area (Å²) >= 11 is 0. The van der Waals surface area contributed by atoms with Crippen LogP contribution in [0.4, 0.5) is 11.4 Å². The molecule has 0 heterocycles. The molecule has 0 fully saturated rings. The Kier molecular flexibility index (Phi) is 6.64. The summed E-state index contributed by atoms with van der Waals surface area (Å²) in [5.41, 5.74) is 3.02. The van der Waals surface area contributed by atoms with Crippen LogP contribution in [0, 0.1) is 11.3 Å². The molecule has 0 aliphatic rings. The van der Waals surface area contributed by atoms with Gasteiger partial charge in [0.25, 0.3) is 0 Å². The topological polar surface area (TPSA) is 74.2 Å². The molecular formula is C23H21N3O2. The molecule has 0 radical (unpaired) electrons. The van der Waals surface area contributed by atoms with Gasteiger partial charge in [-0.05, 0) is 42.0 Å². The minimum absolute atomic E-state index is 0.141. The van der Waals surface area contributed by atoms with Crippen molar-refractivity contribution in [3.05, 3.63) is 90.0 Å². The first-order valence-electron chi connectivity index (χ1n) is 9.04. The average Bonchev–Trinajstić information content (AvgIpc) is 2.74. The lowest BCUT2D eigenvalue weighted by atomic mass is 10.2. The van der Waals surface area contributed by atoms with Crippen molar-refractivity contribution in [1.29, 1.82) is 5.26 Å². The Morgan fingerprint density at radius 2 is 1.64 bits per heavy atom. The molecule has 3 aromatic carbocycles. The highest BCUT2D eigenvalue weighted by molar-refractivity contribution is 5.92. The van der Waals surface area contributed by atoms with Gasteiger partial charge >= 0.3 is 0 Å². The first-order valence-corrected chi connectivity index (χ1v) is 9.04. The minimum Gasteiger partial charge on any atom is -0.489 e. The van der Waals surface area contributed by atoms with Gasteiger partial charge in [0.1, 0.15) is 18.4 Å². The van der Waals surface area contributed by atoms with Crippen molar-refractivity contribution in [2.45, 2.75) is 13.0 Å². The van der Waals surface area contributed by atoms with Gasteiger partial charge in [-0.25, -0.2) is 0 Å². The molecule has 0 bridgehead atoms. The van der Waals surface area contributed by atoms with Crippen LogP contribution in [0.2, 0.25) is 0 Å². The van der Waals surface area contributed by atoms with Crippen LogP contribution in [0.15, 0.2) is 78.9 Å². The van der Waals surface area contributed by atoms with Crippen LogP contribution in [0.1, 0.15) is 17.5 Å². The molecule has 0 atom stereocenters. The molecule has 0 aliphatic heterocycles. The van der Waals surface area contributed by atoms with Crippen molar-refractivity contribution in [2.24, 2.45) is 0 Å². The minimum atomic E-state index is -0.141. The van der Waals surface area contributed by atoms with Crippen LogP contribution in [-0.2, 0) is 11.4 Å². The zero-order valence-corrected chi connectivity index (χ0v) is 15.4. The van der Waals surface area contributed by atoms with E-state index in [4.69, 9.17) is 10.00 Å². The summed E-state index contributed by atoms with van der Waals surface area (Å²) in [6.45, 7) is 1.02. The molecule has 28 heavy (non-hydrogen) atoms. The number of nitrogens with one attached hydrogen (secondary N) is 2. The summed E-state index contributed by atoms with van der Waals surface area (Å²) in [7, 11) is 0. The molecular weight excluding hydrogens is 350 g/mol. The van der Waals surface area contributed by atoms with Crippen molar-refractivity contribution < 1.29 is 9.53 Å². The number of rotatable bonds is 8. The largest absolute Gasteiger partial charge is 0.489 e. The summed E-state index contributed by atoms with van der Waals surface area (Å²) in [5.74, 6) is 0.651. The van der Waals surface area contributed by atoms with Gasteiger partial charge in [-0.15, -0.1) is 0 Å². The first-order chi connectivity index (χ1) is 13.7. The van der Waals surface area contributed by atoms with Crippen LogP contribution in [0.25, 0.3) is 0 Å². The second-order valence-corrected chi connectivity index (χ2v) is 6.18. The Balaban J connectivity index is 1.42. The summed E-state index contributed by atoms with van der Waals surface area (Å²) in [4.78, 5) is 12.1. The lowest BCUT2D eigenvalue weighted by molar-refractivity contribution is -0.115. The molecule has 5 nitrogen and oxygen atoms in total. The van der Waals surface area contributed by atoms with Crippen molar-refractivity contribution >= 4 is 17.3 Å². The molecule has 2 N–H and O–H groups in total. The third kappa shape index (κ3) is 5.61. The van der Waals surface area contributed by atoms with Crippen LogP contribution in [0.5, 0.6) is 5.75 Å². The Morgan fingerprint density at radius 3 is 2.39 bits per heavy atom. The van der Waals surface area contributed by atoms with Crippen LogP contribution < -0.4 is 15.4 Å². The molecule has 3 aromatic rings. The molecule has 1 amide bonds. The van der Waals surface area contributed by atoms with Gasteiger partial charge in [-0.1, -0.05) is 42.5 Å². The molecule has 0 aliphatic carbocycles. The lowest BCUT2D eigenvalue weighted by Gasteiger charge is -2.10. The maximum absolute atomic E-state index is 12.1. The maximum Gasteiger partial charge on any atom is 0.226 e. The average molecular weight is 371 g/mol. The van der Waals surface area contributed by atoms with Gasteiger partial charge in [0, 0.05) is 18.7 Å². The van der Waals surface area contributed by atoms with E-state index in [1.165, 1.54) is 0 Å². The van der Waals surface area contributed by atoms with Gasteiger partial charge in [-0.2, -0.15) is 5.26 Å². The van der Waals surface area contributed by atoms with E-state index in [0.717, 1.165) is 17.0 Å². The van der Waals surface area contributed by atoms with E-state index in [1.54, 1.807) is 24.3 Å². The van der Waals surface area contributed by atoms with E-state index in [1.807, 2.05) is 54.6 Å². The van der Waals surface area contributed by atoms with Crippen molar-refractivity contribution in [3.8, 4) is 11.8 Å². The third-order valence-electron chi connectivity index (χ3n) is 4.11. The van der Waals surface area contributed by atoms with Crippen molar-refractivity contribution in [2.75, 3.05) is 17.2 Å². The number of carbonyl (C=O) groups is 1. The number of nitrogens with zero attached hydrogens (tertiary/aromatic N) is 1. The second-order valence-electron chi connectivity index (χ2n) is 6.18. The summed E-state index contributed by atoms with van der Waals surface area (Å²) in [6.07, 6.45) is 0.298. The number of benzene rings is 3. The molecule has 3 rings (SSSR count). The SMILES string of the molecule is N#Cc1ccccc1NC(=O)CCNc1ccc(OCc2ccccc2)cc1. The van der Waals surface area contributed by atoms with Crippen molar-refractivity contribution in [3.63, 3.8) is 0 Å². The van der Waals surface area contributed by atoms with E-state index in [2.05, 4.69) is 16.7 Å². The van der Waals surface area contributed by atoms with Gasteiger partial charge in [-0.3, -0.25) is 4.79 Å².